The Morgan fingerprint density at radius 1 is 1.43 bits per heavy atom. The molecular weight excluding hydrogens is 198 g/mol. The predicted molar refractivity (Wildman–Crippen MR) is 57.2 cm³/mol. The van der Waals surface area contributed by atoms with Crippen LogP contribution in [0.5, 0.6) is 5.75 Å². The van der Waals surface area contributed by atoms with E-state index >= 15 is 0 Å². The normalized spacial score (nSPS) is 10.4. The number of fused-ring (bicyclic) bond motifs is 1. The zero-order valence-electron chi connectivity index (χ0n) is 7.90. The third-order valence-corrected chi connectivity index (χ3v) is 2.88. The summed E-state index contributed by atoms with van der Waals surface area (Å²) in [6.45, 7) is 1.82. The lowest BCUT2D eigenvalue weighted by Crippen LogP contribution is -2.05. The van der Waals surface area contributed by atoms with E-state index in [2.05, 4.69) is 4.98 Å². The molecule has 1 aromatic heterocycles. The maximum absolute atomic E-state index is 11.5. The summed E-state index contributed by atoms with van der Waals surface area (Å²) >= 11 is 1.49. The fraction of sp³-hybridized carbons (Fsp3) is 0.200. The first-order valence-corrected chi connectivity index (χ1v) is 4.98. The number of hydrogen-bond donors (Lipinski definition) is 0. The molecule has 0 unspecified atom stereocenters. The van der Waals surface area contributed by atoms with E-state index in [4.69, 9.17) is 4.74 Å². The average Bonchev–Trinajstić information content (AvgIpc) is 2.16. The van der Waals surface area contributed by atoms with Gasteiger partial charge < -0.3 is 4.74 Å². The third-order valence-electron chi connectivity index (χ3n) is 1.94. The summed E-state index contributed by atoms with van der Waals surface area (Å²) in [6, 6.07) is 5.38. The smallest absolute Gasteiger partial charge is 0.279 e. The quantitative estimate of drug-likeness (QED) is 0.717. The molecule has 1 heterocycles. The monoisotopic (exact) mass is 207 g/mol. The maximum Gasteiger partial charge on any atom is 0.279 e. The van der Waals surface area contributed by atoms with Crippen LogP contribution in [-0.2, 0) is 0 Å². The fourth-order valence-corrected chi connectivity index (χ4v) is 2.16. The molecule has 0 saturated carbocycles. The molecule has 3 nitrogen and oxygen atoms in total. The molecule has 14 heavy (non-hydrogen) atoms. The maximum atomic E-state index is 11.5. The van der Waals surface area contributed by atoms with Crippen molar-refractivity contribution in [2.24, 2.45) is 0 Å². The molecule has 72 valence electrons. The second-order valence-electron chi connectivity index (χ2n) is 2.90. The summed E-state index contributed by atoms with van der Waals surface area (Å²) < 4.78 is 6.00. The third kappa shape index (κ3) is 1.48. The molecule has 0 radical (unpaired) electrons. The average molecular weight is 207 g/mol. The Bertz CT molecular complexity index is 533. The standard InChI is InChI=1S/C10H9NO2S/c1-6-11-10(12)8-4-3-7(13-2)5-9(8)14-6/h3-5H,1-2H3. The molecule has 0 amide bonds. The van der Waals surface area contributed by atoms with Crippen molar-refractivity contribution in [1.29, 1.82) is 0 Å². The molecular formula is C10H9NO2S. The molecule has 0 aliphatic carbocycles. The van der Waals surface area contributed by atoms with Crippen LogP contribution in [0.25, 0.3) is 10.1 Å². The van der Waals surface area contributed by atoms with E-state index in [-0.39, 0.29) is 5.56 Å². The van der Waals surface area contributed by atoms with Crippen LogP contribution in [0.3, 0.4) is 0 Å². The number of aromatic nitrogens is 1. The van der Waals surface area contributed by atoms with Gasteiger partial charge in [0.15, 0.2) is 0 Å². The second kappa shape index (κ2) is 3.38. The van der Waals surface area contributed by atoms with E-state index in [0.29, 0.717) is 5.39 Å². The second-order valence-corrected chi connectivity index (χ2v) is 4.13. The van der Waals surface area contributed by atoms with Gasteiger partial charge in [0, 0.05) is 4.70 Å². The van der Waals surface area contributed by atoms with Gasteiger partial charge in [0.1, 0.15) is 5.75 Å². The number of nitrogens with zero attached hydrogens (tertiary/aromatic N) is 1. The minimum atomic E-state index is -0.168. The van der Waals surface area contributed by atoms with Crippen LogP contribution in [0.1, 0.15) is 5.01 Å². The predicted octanol–water partition coefficient (Wildman–Crippen LogP) is 1.97. The summed E-state index contributed by atoms with van der Waals surface area (Å²) in [5, 5.41) is 1.43. The van der Waals surface area contributed by atoms with Crippen molar-refractivity contribution in [2.75, 3.05) is 7.11 Å². The van der Waals surface area contributed by atoms with E-state index in [1.54, 1.807) is 19.2 Å². The molecule has 0 N–H and O–H groups in total. The minimum absolute atomic E-state index is 0.168. The number of ether oxygens (including phenoxy) is 1. The van der Waals surface area contributed by atoms with Gasteiger partial charge in [-0.05, 0) is 25.1 Å². The zero-order valence-corrected chi connectivity index (χ0v) is 8.72. The highest BCUT2D eigenvalue weighted by atomic mass is 32.1. The molecule has 0 aliphatic heterocycles. The van der Waals surface area contributed by atoms with E-state index in [1.807, 2.05) is 13.0 Å². The molecule has 0 aliphatic rings. The summed E-state index contributed by atoms with van der Waals surface area (Å²) in [5.74, 6) is 0.763. The molecule has 0 spiro atoms. The first-order chi connectivity index (χ1) is 6.70. The lowest BCUT2D eigenvalue weighted by Gasteiger charge is -2.00. The Morgan fingerprint density at radius 2 is 2.21 bits per heavy atom. The molecule has 2 aromatic rings. The SMILES string of the molecule is COc1ccc2c(=O)nc(C)sc2c1. The van der Waals surface area contributed by atoms with Crippen molar-refractivity contribution < 1.29 is 4.74 Å². The fourth-order valence-electron chi connectivity index (χ4n) is 1.28. The zero-order chi connectivity index (χ0) is 10.1. The van der Waals surface area contributed by atoms with Gasteiger partial charge >= 0.3 is 0 Å². The summed E-state index contributed by atoms with van der Waals surface area (Å²) in [4.78, 5) is 15.3. The topological polar surface area (TPSA) is 39.2 Å². The van der Waals surface area contributed by atoms with Gasteiger partial charge in [-0.2, -0.15) is 0 Å². The van der Waals surface area contributed by atoms with Gasteiger partial charge in [-0.3, -0.25) is 4.79 Å². The largest absolute Gasteiger partial charge is 0.497 e. The highest BCUT2D eigenvalue weighted by molar-refractivity contribution is 7.18. The molecule has 4 heteroatoms. The molecule has 0 atom stereocenters. The van der Waals surface area contributed by atoms with E-state index in [9.17, 15) is 4.79 Å². The Labute approximate surface area is 85.0 Å². The van der Waals surface area contributed by atoms with Crippen LogP contribution in [0.2, 0.25) is 0 Å². The lowest BCUT2D eigenvalue weighted by molar-refractivity contribution is 0.415. The summed E-state index contributed by atoms with van der Waals surface area (Å²) in [7, 11) is 1.61. The summed E-state index contributed by atoms with van der Waals surface area (Å²) in [6.07, 6.45) is 0. The number of rotatable bonds is 1. The molecule has 1 aromatic carbocycles. The van der Waals surface area contributed by atoms with Crippen molar-refractivity contribution in [3.8, 4) is 5.75 Å². The molecule has 0 saturated heterocycles. The summed E-state index contributed by atoms with van der Waals surface area (Å²) in [5.41, 5.74) is -0.168. The highest BCUT2D eigenvalue weighted by Gasteiger charge is 2.02. The molecule has 2 rings (SSSR count). The first-order valence-electron chi connectivity index (χ1n) is 4.16. The number of methoxy groups -OCH3 is 1. The van der Waals surface area contributed by atoms with Gasteiger partial charge in [-0.1, -0.05) is 0 Å². The Kier molecular flexibility index (Phi) is 2.21. The van der Waals surface area contributed by atoms with Crippen LogP contribution in [0, 0.1) is 6.92 Å². The van der Waals surface area contributed by atoms with E-state index in [0.717, 1.165) is 15.5 Å². The van der Waals surface area contributed by atoms with Crippen LogP contribution in [0.15, 0.2) is 23.0 Å². The van der Waals surface area contributed by atoms with Crippen LogP contribution in [0.4, 0.5) is 0 Å². The first kappa shape index (κ1) is 9.15. The minimum Gasteiger partial charge on any atom is -0.497 e. The van der Waals surface area contributed by atoms with Gasteiger partial charge in [0.25, 0.3) is 5.56 Å². The number of benzene rings is 1. The van der Waals surface area contributed by atoms with Crippen LogP contribution in [-0.4, -0.2) is 12.1 Å². The molecule has 0 bridgehead atoms. The van der Waals surface area contributed by atoms with Crippen molar-refractivity contribution in [3.05, 3.63) is 33.6 Å². The lowest BCUT2D eigenvalue weighted by atomic mass is 10.2. The van der Waals surface area contributed by atoms with Crippen molar-refractivity contribution in [2.45, 2.75) is 6.92 Å². The Balaban J connectivity index is 2.82. The van der Waals surface area contributed by atoms with Crippen molar-refractivity contribution >= 4 is 21.4 Å². The van der Waals surface area contributed by atoms with Crippen LogP contribution < -0.4 is 10.3 Å². The van der Waals surface area contributed by atoms with Crippen molar-refractivity contribution in [3.63, 3.8) is 0 Å². The molecule has 0 fully saturated rings. The van der Waals surface area contributed by atoms with Gasteiger partial charge in [-0.15, -0.1) is 11.3 Å². The van der Waals surface area contributed by atoms with Gasteiger partial charge in [0.2, 0.25) is 0 Å². The Morgan fingerprint density at radius 3 is 2.93 bits per heavy atom. The number of hydrogen-bond acceptors (Lipinski definition) is 4. The number of aryl methyl sites for hydroxylation is 1. The Hall–Kier alpha value is -1.42. The van der Waals surface area contributed by atoms with E-state index in [1.165, 1.54) is 11.3 Å². The van der Waals surface area contributed by atoms with Crippen molar-refractivity contribution in [1.82, 2.24) is 4.98 Å². The van der Waals surface area contributed by atoms with Gasteiger partial charge in [0.05, 0.1) is 17.5 Å². The highest BCUT2D eigenvalue weighted by Crippen LogP contribution is 2.22. The van der Waals surface area contributed by atoms with E-state index < -0.39 is 0 Å². The van der Waals surface area contributed by atoms with Gasteiger partial charge in [-0.25, -0.2) is 4.98 Å². The van der Waals surface area contributed by atoms with Crippen LogP contribution >= 0.6 is 11.3 Å².